The summed E-state index contributed by atoms with van der Waals surface area (Å²) >= 11 is 3.71. The first-order valence-corrected chi connectivity index (χ1v) is 23.7. The van der Waals surface area contributed by atoms with E-state index in [0.29, 0.717) is 67.3 Å². The molecule has 2 heterocycles. The maximum Gasteiger partial charge on any atom is 0.303 e. The third kappa shape index (κ3) is 9.95. The summed E-state index contributed by atoms with van der Waals surface area (Å²) in [6.07, 6.45) is 11.2. The Hall–Kier alpha value is -3.71. The van der Waals surface area contributed by atoms with Gasteiger partial charge in [0, 0.05) is 63.8 Å². The van der Waals surface area contributed by atoms with Crippen LogP contribution >= 0.6 is 15.9 Å². The number of hydrogen-bond donors (Lipinski definition) is 4. The number of carbonyl (C=O) groups is 1. The number of aliphatic carboxylic acids is 1. The lowest BCUT2D eigenvalue weighted by atomic mass is 9.79. The number of fused-ring (bicyclic) bond motifs is 4. The summed E-state index contributed by atoms with van der Waals surface area (Å²) in [7, 11) is -13.8. The number of allylic oxidation sites excluding steroid dienone is 6. The minimum atomic E-state index is -4.91. The minimum absolute atomic E-state index is 0.0284. The first-order chi connectivity index (χ1) is 26.4. The van der Waals surface area contributed by atoms with Crippen LogP contribution in [0.1, 0.15) is 83.8 Å². The highest BCUT2D eigenvalue weighted by Gasteiger charge is 2.46. The van der Waals surface area contributed by atoms with Gasteiger partial charge in [-0.2, -0.15) is 29.8 Å². The summed E-state index contributed by atoms with van der Waals surface area (Å²) in [6.45, 7) is 9.20. The summed E-state index contributed by atoms with van der Waals surface area (Å²) in [5.41, 5.74) is 4.05. The van der Waals surface area contributed by atoms with Crippen LogP contribution in [0, 0.1) is 0 Å². The van der Waals surface area contributed by atoms with E-state index in [2.05, 4.69) is 46.8 Å². The van der Waals surface area contributed by atoms with Gasteiger partial charge in [0.05, 0.1) is 16.1 Å². The van der Waals surface area contributed by atoms with E-state index in [1.54, 1.807) is 6.07 Å². The Balaban J connectivity index is 1.55. The van der Waals surface area contributed by atoms with E-state index in [1.165, 1.54) is 12.1 Å². The highest BCUT2D eigenvalue weighted by molar-refractivity contribution is 9.11. The van der Waals surface area contributed by atoms with Gasteiger partial charge in [0.15, 0.2) is 5.71 Å². The molecule has 0 amide bonds. The molecule has 2 aliphatic rings. The lowest BCUT2D eigenvalue weighted by Crippen LogP contribution is -2.28. The fraction of sp³-hybridized carbons (Fsp3) is 0.400. The van der Waals surface area contributed by atoms with Crippen molar-refractivity contribution in [3.8, 4) is 0 Å². The number of benzene rings is 3. The molecule has 0 spiro atoms. The normalized spacial score (nSPS) is 17.6. The van der Waals surface area contributed by atoms with Crippen molar-refractivity contribution in [3.05, 3.63) is 94.1 Å². The van der Waals surface area contributed by atoms with E-state index in [1.807, 2.05) is 54.9 Å². The Morgan fingerprint density at radius 3 is 2.16 bits per heavy atom. The number of unbranched alkanes of at least 4 members (excludes halogenated alkanes) is 4. The van der Waals surface area contributed by atoms with E-state index >= 15 is 0 Å². The molecule has 4 N–H and O–H groups in total. The molecule has 57 heavy (non-hydrogen) atoms. The number of carboxylic acid groups (broad SMARTS) is 1. The average Bonchev–Trinajstić information content (AvgIpc) is 3.45. The van der Waals surface area contributed by atoms with E-state index in [-0.39, 0.29) is 28.4 Å². The minimum Gasteiger partial charge on any atom is -0.481 e. The quantitative estimate of drug-likeness (QED) is 0.0441. The molecule has 2 aliphatic heterocycles. The smallest absolute Gasteiger partial charge is 0.303 e. The van der Waals surface area contributed by atoms with Crippen molar-refractivity contribution >= 4 is 80.1 Å². The second-order valence-corrected chi connectivity index (χ2v) is 20.7. The number of para-hydroxylation sites is 1. The van der Waals surface area contributed by atoms with Crippen LogP contribution < -0.4 is 4.90 Å². The maximum atomic E-state index is 12.5. The van der Waals surface area contributed by atoms with Gasteiger partial charge >= 0.3 is 5.97 Å². The molecular formula is C40H48BrN2O11S3+. The van der Waals surface area contributed by atoms with Crippen LogP contribution in [0.5, 0.6) is 0 Å². The van der Waals surface area contributed by atoms with Crippen molar-refractivity contribution < 1.29 is 53.4 Å². The second kappa shape index (κ2) is 16.9. The Bertz CT molecular complexity index is 2560. The largest absolute Gasteiger partial charge is 0.481 e. The van der Waals surface area contributed by atoms with E-state index in [0.717, 1.165) is 28.7 Å². The molecule has 17 heteroatoms. The monoisotopic (exact) mass is 907 g/mol. The summed E-state index contributed by atoms with van der Waals surface area (Å²) in [6, 6.07) is 13.3. The van der Waals surface area contributed by atoms with Crippen LogP contribution in [0.25, 0.3) is 10.8 Å². The van der Waals surface area contributed by atoms with Gasteiger partial charge in [-0.25, -0.2) is 0 Å². The molecule has 308 valence electrons. The van der Waals surface area contributed by atoms with Gasteiger partial charge in [0.25, 0.3) is 30.4 Å². The molecule has 0 aromatic heterocycles. The Morgan fingerprint density at radius 2 is 1.51 bits per heavy atom. The second-order valence-electron chi connectivity index (χ2n) is 15.4. The summed E-state index contributed by atoms with van der Waals surface area (Å²) in [5, 5.41) is 9.45. The number of hydrogen-bond acceptors (Lipinski definition) is 8. The van der Waals surface area contributed by atoms with Crippen molar-refractivity contribution in [1.29, 1.82) is 0 Å². The SMILES string of the molecule is CC1(C)C(/C=C/C(Br)=C/C=C2/N(CCCCCS(=O)(=O)O)c3ccccc3C2(C)C)=[N+](CCCCCC(=O)O)c2ccc3c(S(=O)(=O)O)cc(S(=O)(=O)O)cc3c21. The zero-order valence-corrected chi connectivity index (χ0v) is 36.2. The number of anilines is 1. The molecular weight excluding hydrogens is 861 g/mol. The van der Waals surface area contributed by atoms with Crippen LogP contribution in [-0.2, 0) is 46.0 Å². The van der Waals surface area contributed by atoms with Gasteiger partial charge in [-0.15, -0.1) is 0 Å². The van der Waals surface area contributed by atoms with Gasteiger partial charge in [0.1, 0.15) is 11.4 Å². The third-order valence-corrected chi connectivity index (χ3v) is 13.7. The summed E-state index contributed by atoms with van der Waals surface area (Å²) in [5.74, 6) is -1.17. The first kappa shape index (κ1) is 44.4. The number of rotatable bonds is 17. The van der Waals surface area contributed by atoms with E-state index in [9.17, 15) is 39.2 Å². The molecule has 0 unspecified atom stereocenters. The summed E-state index contributed by atoms with van der Waals surface area (Å²) < 4.78 is 104. The van der Waals surface area contributed by atoms with Crippen LogP contribution in [0.2, 0.25) is 0 Å². The molecule has 0 saturated carbocycles. The lowest BCUT2D eigenvalue weighted by Gasteiger charge is -2.27. The molecule has 0 aliphatic carbocycles. The van der Waals surface area contributed by atoms with Gasteiger partial charge in [-0.1, -0.05) is 54.4 Å². The molecule has 5 rings (SSSR count). The molecule has 0 fully saturated rings. The predicted octanol–water partition coefficient (Wildman–Crippen LogP) is 7.93. The first-order valence-electron chi connectivity index (χ1n) is 18.5. The molecule has 0 saturated heterocycles. The zero-order chi connectivity index (χ0) is 42.1. The predicted molar refractivity (Wildman–Crippen MR) is 224 cm³/mol. The fourth-order valence-electron chi connectivity index (χ4n) is 7.95. The topological polar surface area (TPSA) is 207 Å². The van der Waals surface area contributed by atoms with Crippen LogP contribution in [0.15, 0.2) is 92.8 Å². The van der Waals surface area contributed by atoms with Crippen LogP contribution in [0.4, 0.5) is 11.4 Å². The summed E-state index contributed by atoms with van der Waals surface area (Å²) in [4.78, 5) is 12.0. The molecule has 0 radical (unpaired) electrons. The van der Waals surface area contributed by atoms with Crippen LogP contribution in [-0.4, -0.2) is 79.1 Å². The molecule has 13 nitrogen and oxygen atoms in total. The highest BCUT2D eigenvalue weighted by atomic mass is 79.9. The van der Waals surface area contributed by atoms with Gasteiger partial charge in [0.2, 0.25) is 5.69 Å². The van der Waals surface area contributed by atoms with E-state index < -0.39 is 51.5 Å². The van der Waals surface area contributed by atoms with Crippen molar-refractivity contribution in [2.75, 3.05) is 23.7 Å². The standard InChI is InChI=1S/C40H47BrN2O11S3/c1-39(2)31-13-8-9-14-32(31)42(22-11-6-12-24-55(46,47)48)35(39)20-16-27(41)17-21-36-40(3,4)38-30-25-28(56(49,50)51)26-34(57(52,53)54)29(30)18-19-33(38)43(36)23-10-5-7-15-37(44)45/h8-9,13-14,16-21,25-26H,5-7,10-12,15,22-24H2,1-4H3,(H3-,44,45,46,47,48,49,50,51,52,53,54)/p+1. The Labute approximate surface area is 342 Å². The number of carboxylic acids is 1. The highest BCUT2D eigenvalue weighted by Crippen LogP contribution is 2.48. The third-order valence-electron chi connectivity index (χ3n) is 10.6. The fourth-order valence-corrected chi connectivity index (χ4v) is 10.1. The van der Waals surface area contributed by atoms with Crippen molar-refractivity contribution in [2.24, 2.45) is 0 Å². The molecule has 0 atom stereocenters. The van der Waals surface area contributed by atoms with Gasteiger partial charge in [-0.3, -0.25) is 18.5 Å². The number of nitrogens with zero attached hydrogens (tertiary/aromatic N) is 2. The van der Waals surface area contributed by atoms with Crippen molar-refractivity contribution in [1.82, 2.24) is 0 Å². The van der Waals surface area contributed by atoms with E-state index in [4.69, 9.17) is 9.66 Å². The molecule has 3 aromatic rings. The average molecular weight is 909 g/mol. The maximum absolute atomic E-state index is 12.5. The van der Waals surface area contributed by atoms with Crippen molar-refractivity contribution in [3.63, 3.8) is 0 Å². The number of halogens is 1. The molecule has 3 aromatic carbocycles. The van der Waals surface area contributed by atoms with Gasteiger partial charge in [-0.05, 0) is 93.0 Å². The lowest BCUT2D eigenvalue weighted by molar-refractivity contribution is -0.438. The van der Waals surface area contributed by atoms with Gasteiger partial charge < -0.3 is 10.0 Å². The van der Waals surface area contributed by atoms with Crippen molar-refractivity contribution in [2.45, 2.75) is 93.3 Å². The molecule has 0 bridgehead atoms. The Morgan fingerprint density at radius 1 is 0.825 bits per heavy atom. The zero-order valence-electron chi connectivity index (χ0n) is 32.1. The Kier molecular flexibility index (Phi) is 13.1. The van der Waals surface area contributed by atoms with Crippen LogP contribution in [0.3, 0.4) is 0 Å².